The number of anilines is 1. The van der Waals surface area contributed by atoms with Gasteiger partial charge in [0.1, 0.15) is 0 Å². The number of aromatic nitrogens is 2. The number of hydrogen-bond donors (Lipinski definition) is 1. The van der Waals surface area contributed by atoms with Crippen molar-refractivity contribution in [3.63, 3.8) is 0 Å². The van der Waals surface area contributed by atoms with Crippen LogP contribution in [0.2, 0.25) is 0 Å². The van der Waals surface area contributed by atoms with E-state index < -0.39 is 11.7 Å². The Hall–Kier alpha value is -1.69. The van der Waals surface area contributed by atoms with E-state index in [1.165, 1.54) is 18.7 Å². The first-order chi connectivity index (χ1) is 10.2. The Morgan fingerprint density at radius 2 is 2.29 bits per heavy atom. The molecular weight excluding hydrogens is 273 g/mol. The molecule has 6 heteroatoms. The molecule has 0 atom stereocenters. The fourth-order valence-electron chi connectivity index (χ4n) is 2.51. The van der Waals surface area contributed by atoms with E-state index in [4.69, 9.17) is 4.74 Å². The van der Waals surface area contributed by atoms with Crippen LogP contribution in [0, 0.1) is 5.92 Å². The first-order valence-corrected chi connectivity index (χ1v) is 7.39. The fourth-order valence-corrected chi connectivity index (χ4v) is 2.51. The summed E-state index contributed by atoms with van der Waals surface area (Å²) in [6.45, 7) is 1.12. The molecule has 1 aromatic rings. The van der Waals surface area contributed by atoms with Crippen LogP contribution in [0.1, 0.15) is 32.1 Å². The number of halogens is 1. The molecule has 0 saturated heterocycles. The molecule has 2 rings (SSSR count). The van der Waals surface area contributed by atoms with Crippen molar-refractivity contribution in [2.45, 2.75) is 38.6 Å². The highest BCUT2D eigenvalue weighted by Gasteiger charge is 2.16. The van der Waals surface area contributed by atoms with Gasteiger partial charge in [0.15, 0.2) is 5.83 Å². The van der Waals surface area contributed by atoms with Crippen LogP contribution in [0.5, 0.6) is 0 Å². The number of methoxy groups -OCH3 is 1. The molecule has 5 nitrogen and oxygen atoms in total. The van der Waals surface area contributed by atoms with Crippen molar-refractivity contribution >= 4 is 11.6 Å². The molecule has 0 aliphatic heterocycles. The van der Waals surface area contributed by atoms with Crippen LogP contribution < -0.4 is 5.32 Å². The molecule has 116 valence electrons. The smallest absolute Gasteiger partial charge is 0.284 e. The normalized spacial score (nSPS) is 17.0. The molecule has 1 amide bonds. The number of amides is 1. The van der Waals surface area contributed by atoms with Crippen LogP contribution in [0.15, 0.2) is 24.3 Å². The van der Waals surface area contributed by atoms with E-state index in [0.29, 0.717) is 18.8 Å². The monoisotopic (exact) mass is 295 g/mol. The van der Waals surface area contributed by atoms with Crippen molar-refractivity contribution in [2.75, 3.05) is 19.0 Å². The van der Waals surface area contributed by atoms with Gasteiger partial charge in [-0.3, -0.25) is 9.48 Å². The van der Waals surface area contributed by atoms with Crippen molar-refractivity contribution < 1.29 is 13.9 Å². The van der Waals surface area contributed by atoms with Crippen molar-refractivity contribution in [3.05, 3.63) is 24.3 Å². The molecule has 0 unspecified atom stereocenters. The zero-order valence-corrected chi connectivity index (χ0v) is 12.3. The largest absolute Gasteiger partial charge is 0.383 e. The van der Waals surface area contributed by atoms with E-state index in [1.54, 1.807) is 18.0 Å². The van der Waals surface area contributed by atoms with Gasteiger partial charge in [-0.1, -0.05) is 19.3 Å². The quantitative estimate of drug-likeness (QED) is 0.821. The summed E-state index contributed by atoms with van der Waals surface area (Å²) < 4.78 is 20.5. The molecule has 21 heavy (non-hydrogen) atoms. The molecule has 0 spiro atoms. The average Bonchev–Trinajstić information content (AvgIpc) is 2.93. The number of ether oxygens (including phenoxy) is 1. The van der Waals surface area contributed by atoms with Crippen molar-refractivity contribution in [2.24, 2.45) is 5.92 Å². The summed E-state index contributed by atoms with van der Waals surface area (Å²) in [6.07, 6.45) is 9.99. The fraction of sp³-hybridized carbons (Fsp3) is 0.600. The van der Waals surface area contributed by atoms with Gasteiger partial charge in [-0.2, -0.15) is 5.10 Å². The van der Waals surface area contributed by atoms with Crippen molar-refractivity contribution in [1.82, 2.24) is 9.78 Å². The van der Waals surface area contributed by atoms with E-state index in [0.717, 1.165) is 25.7 Å². The Labute approximate surface area is 124 Å². The summed E-state index contributed by atoms with van der Waals surface area (Å²) in [7, 11) is 1.61. The van der Waals surface area contributed by atoms with Crippen LogP contribution in [0.3, 0.4) is 0 Å². The highest BCUT2D eigenvalue weighted by Crippen LogP contribution is 2.26. The van der Waals surface area contributed by atoms with Gasteiger partial charge in [0.25, 0.3) is 5.91 Å². The van der Waals surface area contributed by atoms with Gasteiger partial charge in [-0.15, -0.1) is 0 Å². The molecule has 1 fully saturated rings. The first kappa shape index (κ1) is 15.7. The van der Waals surface area contributed by atoms with Crippen LogP contribution >= 0.6 is 0 Å². The maximum absolute atomic E-state index is 13.9. The lowest BCUT2D eigenvalue weighted by atomic mass is 9.89. The number of rotatable bonds is 6. The maximum Gasteiger partial charge on any atom is 0.284 e. The molecule has 0 radical (unpaired) electrons. The van der Waals surface area contributed by atoms with E-state index in [2.05, 4.69) is 10.4 Å². The SMILES string of the molecule is COCCn1cc(NC(=O)/C(F)=C/C2CCCCC2)cn1. The summed E-state index contributed by atoms with van der Waals surface area (Å²) in [4.78, 5) is 11.8. The van der Waals surface area contributed by atoms with Crippen LogP contribution in [-0.2, 0) is 16.1 Å². The topological polar surface area (TPSA) is 56.1 Å². The lowest BCUT2D eigenvalue weighted by molar-refractivity contribution is -0.114. The van der Waals surface area contributed by atoms with Gasteiger partial charge >= 0.3 is 0 Å². The van der Waals surface area contributed by atoms with E-state index >= 15 is 0 Å². The Balaban J connectivity index is 1.87. The van der Waals surface area contributed by atoms with Gasteiger partial charge < -0.3 is 10.1 Å². The lowest BCUT2D eigenvalue weighted by Crippen LogP contribution is -2.13. The number of carbonyl (C=O) groups is 1. The second-order valence-electron chi connectivity index (χ2n) is 5.35. The first-order valence-electron chi connectivity index (χ1n) is 7.39. The third-order valence-corrected chi connectivity index (χ3v) is 3.66. The summed E-state index contributed by atoms with van der Waals surface area (Å²) in [5.41, 5.74) is 0.489. The molecule has 1 aromatic heterocycles. The van der Waals surface area contributed by atoms with E-state index in [-0.39, 0.29) is 5.92 Å². The molecule has 1 saturated carbocycles. The molecule has 1 heterocycles. The Kier molecular flexibility index (Phi) is 5.92. The average molecular weight is 295 g/mol. The van der Waals surface area contributed by atoms with E-state index in [9.17, 15) is 9.18 Å². The van der Waals surface area contributed by atoms with Crippen LogP contribution in [-0.4, -0.2) is 29.4 Å². The molecule has 0 aromatic carbocycles. The molecule has 1 aliphatic rings. The third kappa shape index (κ3) is 4.97. The number of hydrogen-bond acceptors (Lipinski definition) is 3. The van der Waals surface area contributed by atoms with Crippen molar-refractivity contribution in [3.8, 4) is 0 Å². The molecule has 1 aliphatic carbocycles. The number of allylic oxidation sites excluding steroid dienone is 1. The third-order valence-electron chi connectivity index (χ3n) is 3.66. The van der Waals surface area contributed by atoms with Gasteiger partial charge in [0.05, 0.1) is 25.0 Å². The number of carbonyl (C=O) groups excluding carboxylic acids is 1. The minimum atomic E-state index is -0.702. The van der Waals surface area contributed by atoms with Gasteiger partial charge in [-0.25, -0.2) is 4.39 Å². The van der Waals surface area contributed by atoms with Gasteiger partial charge in [0, 0.05) is 13.3 Å². The number of nitrogens with zero attached hydrogens (tertiary/aromatic N) is 2. The second kappa shape index (κ2) is 7.93. The van der Waals surface area contributed by atoms with Gasteiger partial charge in [-0.05, 0) is 24.8 Å². The lowest BCUT2D eigenvalue weighted by Gasteiger charge is -2.17. The van der Waals surface area contributed by atoms with Crippen molar-refractivity contribution in [1.29, 1.82) is 0 Å². The molecule has 0 bridgehead atoms. The van der Waals surface area contributed by atoms with Gasteiger partial charge in [0.2, 0.25) is 0 Å². The standard InChI is InChI=1S/C15H22FN3O2/c1-21-8-7-19-11-13(10-17-19)18-15(20)14(16)9-12-5-3-2-4-6-12/h9-12H,2-8H2,1H3,(H,18,20)/b14-9-. The summed E-state index contributed by atoms with van der Waals surface area (Å²) in [5, 5.41) is 6.58. The Morgan fingerprint density at radius 3 is 3.00 bits per heavy atom. The number of nitrogens with one attached hydrogen (secondary N) is 1. The maximum atomic E-state index is 13.9. The van der Waals surface area contributed by atoms with Crippen LogP contribution in [0.4, 0.5) is 10.1 Å². The summed E-state index contributed by atoms with van der Waals surface area (Å²) in [5.74, 6) is -1.22. The van der Waals surface area contributed by atoms with E-state index in [1.807, 2.05) is 0 Å². The minimum absolute atomic E-state index is 0.189. The minimum Gasteiger partial charge on any atom is -0.383 e. The highest BCUT2D eigenvalue weighted by atomic mass is 19.1. The zero-order chi connectivity index (χ0) is 15.1. The second-order valence-corrected chi connectivity index (χ2v) is 5.35. The molecule has 1 N–H and O–H groups in total. The summed E-state index contributed by atoms with van der Waals surface area (Å²) >= 11 is 0. The summed E-state index contributed by atoms with van der Waals surface area (Å²) in [6, 6.07) is 0. The zero-order valence-electron chi connectivity index (χ0n) is 12.3. The predicted molar refractivity (Wildman–Crippen MR) is 78.5 cm³/mol. The predicted octanol–water partition coefficient (Wildman–Crippen LogP) is 2.90. The van der Waals surface area contributed by atoms with Crippen LogP contribution in [0.25, 0.3) is 0 Å². The Bertz CT molecular complexity index is 493. The molecular formula is C15H22FN3O2. The highest BCUT2D eigenvalue weighted by molar-refractivity contribution is 6.01. The Morgan fingerprint density at radius 1 is 1.52 bits per heavy atom.